The topological polar surface area (TPSA) is 43.8 Å². The molecule has 4 nitrogen and oxygen atoms in total. The number of rotatable bonds is 5. The van der Waals surface area contributed by atoms with Crippen molar-refractivity contribution in [3.8, 4) is 0 Å². The first-order valence-electron chi connectivity index (χ1n) is 7.93. The van der Waals surface area contributed by atoms with Gasteiger partial charge in [0.05, 0.1) is 6.42 Å². The monoisotopic (exact) mass is 288 g/mol. The van der Waals surface area contributed by atoms with Crippen molar-refractivity contribution in [3.63, 3.8) is 0 Å². The average molecular weight is 288 g/mol. The minimum atomic E-state index is -0.687. The zero-order valence-electron chi connectivity index (χ0n) is 12.4. The van der Waals surface area contributed by atoms with E-state index in [0.29, 0.717) is 18.5 Å². The molecule has 0 unspecified atom stereocenters. The Morgan fingerprint density at radius 2 is 1.95 bits per heavy atom. The van der Waals surface area contributed by atoms with Crippen molar-refractivity contribution in [1.29, 1.82) is 0 Å². The Morgan fingerprint density at radius 3 is 2.71 bits per heavy atom. The molecule has 0 radical (unpaired) electrons. The van der Waals surface area contributed by atoms with Crippen LogP contribution in [0.15, 0.2) is 30.3 Å². The molecule has 0 spiro atoms. The van der Waals surface area contributed by atoms with Gasteiger partial charge in [0.1, 0.15) is 0 Å². The summed E-state index contributed by atoms with van der Waals surface area (Å²) in [6.45, 7) is 4.96. The standard InChI is InChI=1S/C17H24N2O2/c20-17(21)8-9-18-10-15-6-7-16(13-18)19(12-15)11-14-4-2-1-3-5-14/h1-5,15-16H,6-13H2,(H,20,21)/t15-,16+/m1/s1. The maximum absolute atomic E-state index is 10.8. The third-order valence-corrected chi connectivity index (χ3v) is 4.77. The molecule has 1 N–H and O–H groups in total. The molecule has 0 amide bonds. The lowest BCUT2D eigenvalue weighted by Crippen LogP contribution is -2.43. The van der Waals surface area contributed by atoms with Crippen LogP contribution < -0.4 is 0 Å². The van der Waals surface area contributed by atoms with Gasteiger partial charge < -0.3 is 10.0 Å². The van der Waals surface area contributed by atoms with Crippen LogP contribution in [0.4, 0.5) is 0 Å². The predicted octanol–water partition coefficient (Wildman–Crippen LogP) is 2.06. The molecule has 2 atom stereocenters. The van der Waals surface area contributed by atoms with E-state index in [2.05, 4.69) is 40.1 Å². The highest BCUT2D eigenvalue weighted by molar-refractivity contribution is 5.66. The van der Waals surface area contributed by atoms with E-state index in [-0.39, 0.29) is 6.42 Å². The molecule has 1 aromatic rings. The fourth-order valence-corrected chi connectivity index (χ4v) is 3.72. The number of piperidine rings is 1. The van der Waals surface area contributed by atoms with Crippen molar-refractivity contribution in [2.75, 3.05) is 26.2 Å². The Morgan fingerprint density at radius 1 is 1.14 bits per heavy atom. The van der Waals surface area contributed by atoms with Crippen LogP contribution in [0.25, 0.3) is 0 Å². The van der Waals surface area contributed by atoms with E-state index in [9.17, 15) is 4.79 Å². The number of nitrogens with zero attached hydrogens (tertiary/aromatic N) is 2. The second-order valence-corrected chi connectivity index (χ2v) is 6.42. The predicted molar refractivity (Wildman–Crippen MR) is 82.1 cm³/mol. The van der Waals surface area contributed by atoms with E-state index in [1.54, 1.807) is 0 Å². The van der Waals surface area contributed by atoms with Crippen molar-refractivity contribution < 1.29 is 9.90 Å². The first-order valence-corrected chi connectivity index (χ1v) is 7.93. The van der Waals surface area contributed by atoms with Crippen LogP contribution in [-0.2, 0) is 11.3 Å². The van der Waals surface area contributed by atoms with E-state index < -0.39 is 5.97 Å². The normalized spacial score (nSPS) is 26.7. The van der Waals surface area contributed by atoms with E-state index >= 15 is 0 Å². The van der Waals surface area contributed by atoms with Crippen molar-refractivity contribution >= 4 is 5.97 Å². The van der Waals surface area contributed by atoms with Crippen LogP contribution >= 0.6 is 0 Å². The molecule has 1 aromatic carbocycles. The number of carboxylic acid groups (broad SMARTS) is 1. The summed E-state index contributed by atoms with van der Waals surface area (Å²) in [6, 6.07) is 11.2. The molecule has 114 valence electrons. The molecule has 0 aliphatic carbocycles. The fraction of sp³-hybridized carbons (Fsp3) is 0.588. The second-order valence-electron chi connectivity index (χ2n) is 6.42. The maximum atomic E-state index is 10.8. The zero-order valence-corrected chi connectivity index (χ0v) is 12.4. The van der Waals surface area contributed by atoms with Crippen LogP contribution in [0.5, 0.6) is 0 Å². The van der Waals surface area contributed by atoms with Crippen LogP contribution in [0.2, 0.25) is 0 Å². The lowest BCUT2D eigenvalue weighted by Gasteiger charge is -2.36. The summed E-state index contributed by atoms with van der Waals surface area (Å²) < 4.78 is 0. The Bertz CT molecular complexity index is 477. The number of carbonyl (C=O) groups is 1. The van der Waals surface area contributed by atoms with Gasteiger partial charge in [0.2, 0.25) is 0 Å². The van der Waals surface area contributed by atoms with Gasteiger partial charge in [-0.3, -0.25) is 9.69 Å². The minimum Gasteiger partial charge on any atom is -0.481 e. The summed E-state index contributed by atoms with van der Waals surface area (Å²) in [6.07, 6.45) is 2.80. The Labute approximate surface area is 126 Å². The Balaban J connectivity index is 1.62. The van der Waals surface area contributed by atoms with Gasteiger partial charge in [0.25, 0.3) is 0 Å². The smallest absolute Gasteiger partial charge is 0.304 e. The molecule has 4 heteroatoms. The number of hydrogen-bond acceptors (Lipinski definition) is 3. The van der Waals surface area contributed by atoms with Crippen LogP contribution in [0, 0.1) is 5.92 Å². The average Bonchev–Trinajstić information content (AvgIpc) is 2.77. The van der Waals surface area contributed by atoms with Gasteiger partial charge in [-0.25, -0.2) is 0 Å². The lowest BCUT2D eigenvalue weighted by molar-refractivity contribution is -0.137. The van der Waals surface area contributed by atoms with Gasteiger partial charge in [0.15, 0.2) is 0 Å². The van der Waals surface area contributed by atoms with Crippen LogP contribution in [-0.4, -0.2) is 53.1 Å². The number of aliphatic carboxylic acids is 1. The minimum absolute atomic E-state index is 0.262. The maximum Gasteiger partial charge on any atom is 0.304 e. The first kappa shape index (κ1) is 14.5. The lowest BCUT2D eigenvalue weighted by atomic mass is 9.94. The van der Waals surface area contributed by atoms with E-state index in [4.69, 9.17) is 5.11 Å². The molecule has 3 saturated heterocycles. The van der Waals surface area contributed by atoms with Crippen molar-refractivity contribution in [2.45, 2.75) is 31.8 Å². The van der Waals surface area contributed by atoms with Gasteiger partial charge in [0, 0.05) is 38.8 Å². The number of benzene rings is 1. The van der Waals surface area contributed by atoms with Crippen LogP contribution in [0.1, 0.15) is 24.8 Å². The van der Waals surface area contributed by atoms with Crippen molar-refractivity contribution in [2.24, 2.45) is 5.92 Å². The SMILES string of the molecule is O=C(O)CCN1C[C@H]2CC[C@@H](C1)N(Cc1ccccc1)C2. The molecule has 2 bridgehead atoms. The van der Waals surface area contributed by atoms with Gasteiger partial charge in [-0.1, -0.05) is 30.3 Å². The summed E-state index contributed by atoms with van der Waals surface area (Å²) in [5.74, 6) is 0.00833. The molecule has 3 heterocycles. The first-order chi connectivity index (χ1) is 10.2. The summed E-state index contributed by atoms with van der Waals surface area (Å²) in [5, 5.41) is 8.87. The Kier molecular flexibility index (Phi) is 4.56. The summed E-state index contributed by atoms with van der Waals surface area (Å²) in [4.78, 5) is 15.7. The van der Waals surface area contributed by atoms with E-state index in [1.165, 1.54) is 18.4 Å². The number of hydrogen-bond donors (Lipinski definition) is 1. The highest BCUT2D eigenvalue weighted by Crippen LogP contribution is 2.29. The van der Waals surface area contributed by atoms with Gasteiger partial charge in [-0.15, -0.1) is 0 Å². The molecule has 3 aliphatic rings. The molecule has 3 fully saturated rings. The number of carboxylic acids is 1. The summed E-state index contributed by atoms with van der Waals surface area (Å²) >= 11 is 0. The van der Waals surface area contributed by atoms with Crippen LogP contribution in [0.3, 0.4) is 0 Å². The van der Waals surface area contributed by atoms with Gasteiger partial charge >= 0.3 is 5.97 Å². The molecule has 0 aromatic heterocycles. The summed E-state index contributed by atoms with van der Waals surface area (Å²) in [5.41, 5.74) is 1.38. The molecular formula is C17H24N2O2. The van der Waals surface area contributed by atoms with E-state index in [1.807, 2.05) is 0 Å². The van der Waals surface area contributed by atoms with Crippen molar-refractivity contribution in [1.82, 2.24) is 9.80 Å². The molecule has 3 aliphatic heterocycles. The summed E-state index contributed by atoms with van der Waals surface area (Å²) in [7, 11) is 0. The highest BCUT2D eigenvalue weighted by atomic mass is 16.4. The third-order valence-electron chi connectivity index (χ3n) is 4.77. The zero-order chi connectivity index (χ0) is 14.7. The molecule has 0 saturated carbocycles. The number of fused-ring (bicyclic) bond motifs is 4. The van der Waals surface area contributed by atoms with E-state index in [0.717, 1.165) is 26.2 Å². The molecular weight excluding hydrogens is 264 g/mol. The quantitative estimate of drug-likeness (QED) is 0.900. The molecule has 21 heavy (non-hydrogen) atoms. The highest BCUT2D eigenvalue weighted by Gasteiger charge is 2.34. The second kappa shape index (κ2) is 6.58. The fourth-order valence-electron chi connectivity index (χ4n) is 3.72. The third kappa shape index (κ3) is 3.83. The van der Waals surface area contributed by atoms with Gasteiger partial charge in [-0.2, -0.15) is 0 Å². The largest absolute Gasteiger partial charge is 0.481 e. The Hall–Kier alpha value is -1.39. The van der Waals surface area contributed by atoms with Crippen molar-refractivity contribution in [3.05, 3.63) is 35.9 Å². The molecule has 4 rings (SSSR count). The van der Waals surface area contributed by atoms with Gasteiger partial charge in [-0.05, 0) is 24.3 Å².